The molecular formula is C15H15BrFN. The van der Waals surface area contributed by atoms with Crippen LogP contribution in [0.25, 0.3) is 0 Å². The van der Waals surface area contributed by atoms with Gasteiger partial charge in [0.05, 0.1) is 0 Å². The van der Waals surface area contributed by atoms with E-state index in [9.17, 15) is 4.39 Å². The van der Waals surface area contributed by atoms with E-state index >= 15 is 0 Å². The summed E-state index contributed by atoms with van der Waals surface area (Å²) in [6.45, 7) is 3.33. The van der Waals surface area contributed by atoms with E-state index in [1.54, 1.807) is 12.1 Å². The highest BCUT2D eigenvalue weighted by Gasteiger charge is 2.02. The molecule has 0 bridgehead atoms. The molecule has 0 aliphatic rings. The van der Waals surface area contributed by atoms with Gasteiger partial charge in [0, 0.05) is 23.1 Å². The lowest BCUT2D eigenvalue weighted by molar-refractivity contribution is 0.587. The molecule has 0 amide bonds. The maximum Gasteiger partial charge on any atom is 0.127 e. The number of benzene rings is 2. The largest absolute Gasteiger partial charge is 0.309 e. The summed E-state index contributed by atoms with van der Waals surface area (Å²) in [6.07, 6.45) is 0. The maximum absolute atomic E-state index is 13.5. The van der Waals surface area contributed by atoms with Gasteiger partial charge in [-0.2, -0.15) is 0 Å². The Bertz CT molecular complexity index is 523. The molecule has 0 heterocycles. The lowest BCUT2D eigenvalue weighted by Gasteiger charge is -2.07. The monoisotopic (exact) mass is 307 g/mol. The molecule has 0 fully saturated rings. The fourth-order valence-corrected chi connectivity index (χ4v) is 2.13. The second kappa shape index (κ2) is 6.12. The van der Waals surface area contributed by atoms with Crippen molar-refractivity contribution in [3.63, 3.8) is 0 Å². The molecule has 2 aromatic carbocycles. The van der Waals surface area contributed by atoms with Crippen LogP contribution in [0.4, 0.5) is 4.39 Å². The van der Waals surface area contributed by atoms with Gasteiger partial charge in [0.1, 0.15) is 5.82 Å². The molecular weight excluding hydrogens is 293 g/mol. The molecule has 1 N–H and O–H groups in total. The summed E-state index contributed by atoms with van der Waals surface area (Å²) in [5.74, 6) is -0.172. The van der Waals surface area contributed by atoms with Crippen molar-refractivity contribution >= 4 is 15.9 Å². The zero-order valence-corrected chi connectivity index (χ0v) is 11.8. The standard InChI is InChI=1S/C15H15BrFN/c1-11-2-4-12(5-3-11)9-18-10-13-8-14(16)6-7-15(13)17/h2-8,18H,9-10H2,1H3. The van der Waals surface area contributed by atoms with Gasteiger partial charge in [-0.15, -0.1) is 0 Å². The van der Waals surface area contributed by atoms with Crippen molar-refractivity contribution in [3.05, 3.63) is 69.4 Å². The Hall–Kier alpha value is -1.19. The Morgan fingerprint density at radius 3 is 2.50 bits per heavy atom. The number of halogens is 2. The van der Waals surface area contributed by atoms with Gasteiger partial charge in [-0.3, -0.25) is 0 Å². The van der Waals surface area contributed by atoms with Crippen LogP contribution in [0.3, 0.4) is 0 Å². The smallest absolute Gasteiger partial charge is 0.127 e. The van der Waals surface area contributed by atoms with Gasteiger partial charge < -0.3 is 5.32 Å². The van der Waals surface area contributed by atoms with Crippen LogP contribution in [0.15, 0.2) is 46.9 Å². The van der Waals surface area contributed by atoms with E-state index in [1.807, 2.05) is 0 Å². The molecule has 0 aliphatic carbocycles. The normalized spacial score (nSPS) is 10.6. The van der Waals surface area contributed by atoms with Crippen LogP contribution < -0.4 is 5.32 Å². The van der Waals surface area contributed by atoms with Crippen LogP contribution in [0.5, 0.6) is 0 Å². The van der Waals surface area contributed by atoms with Gasteiger partial charge in [0.25, 0.3) is 0 Å². The fraction of sp³-hybridized carbons (Fsp3) is 0.200. The van der Waals surface area contributed by atoms with E-state index in [4.69, 9.17) is 0 Å². The minimum atomic E-state index is -0.172. The van der Waals surface area contributed by atoms with Gasteiger partial charge in [-0.25, -0.2) is 4.39 Å². The molecule has 0 saturated carbocycles. The van der Waals surface area contributed by atoms with Crippen molar-refractivity contribution in [2.24, 2.45) is 0 Å². The van der Waals surface area contributed by atoms with Gasteiger partial charge in [0.2, 0.25) is 0 Å². The van der Waals surface area contributed by atoms with Crippen LogP contribution >= 0.6 is 15.9 Å². The number of hydrogen-bond acceptors (Lipinski definition) is 1. The van der Waals surface area contributed by atoms with Crippen LogP contribution in [0, 0.1) is 12.7 Å². The Labute approximate surface area is 115 Å². The molecule has 0 aromatic heterocycles. The van der Waals surface area contributed by atoms with Crippen molar-refractivity contribution < 1.29 is 4.39 Å². The predicted molar refractivity (Wildman–Crippen MR) is 75.8 cm³/mol. The molecule has 2 rings (SSSR count). The Morgan fingerprint density at radius 1 is 1.06 bits per heavy atom. The van der Waals surface area contributed by atoms with Crippen molar-refractivity contribution in [2.45, 2.75) is 20.0 Å². The Balaban J connectivity index is 1.92. The first kappa shape index (κ1) is 13.2. The SMILES string of the molecule is Cc1ccc(CNCc2cc(Br)ccc2F)cc1. The van der Waals surface area contributed by atoms with Gasteiger partial charge in [-0.05, 0) is 30.7 Å². The van der Waals surface area contributed by atoms with Crippen molar-refractivity contribution in [2.75, 3.05) is 0 Å². The lowest BCUT2D eigenvalue weighted by atomic mass is 10.1. The first-order valence-electron chi connectivity index (χ1n) is 5.85. The second-order valence-corrected chi connectivity index (χ2v) is 5.24. The van der Waals surface area contributed by atoms with E-state index in [-0.39, 0.29) is 5.82 Å². The minimum Gasteiger partial charge on any atom is -0.309 e. The van der Waals surface area contributed by atoms with Crippen molar-refractivity contribution in [3.8, 4) is 0 Å². The minimum absolute atomic E-state index is 0.172. The van der Waals surface area contributed by atoms with Crippen LogP contribution in [-0.4, -0.2) is 0 Å². The molecule has 0 spiro atoms. The molecule has 0 unspecified atom stereocenters. The quantitative estimate of drug-likeness (QED) is 0.893. The van der Waals surface area contributed by atoms with Gasteiger partial charge in [-0.1, -0.05) is 45.8 Å². The fourth-order valence-electron chi connectivity index (χ4n) is 1.73. The first-order valence-corrected chi connectivity index (χ1v) is 6.64. The summed E-state index contributed by atoms with van der Waals surface area (Å²) < 4.78 is 14.4. The number of hydrogen-bond donors (Lipinski definition) is 1. The number of aryl methyl sites for hydroxylation is 1. The summed E-state index contributed by atoms with van der Waals surface area (Å²) >= 11 is 3.35. The van der Waals surface area contributed by atoms with E-state index in [2.05, 4.69) is 52.4 Å². The third-order valence-corrected chi connectivity index (χ3v) is 3.27. The highest BCUT2D eigenvalue weighted by Crippen LogP contribution is 2.15. The zero-order valence-electron chi connectivity index (χ0n) is 10.2. The zero-order chi connectivity index (χ0) is 13.0. The molecule has 0 saturated heterocycles. The predicted octanol–water partition coefficient (Wildman–Crippen LogP) is 4.19. The van der Waals surface area contributed by atoms with Crippen LogP contribution in [0.2, 0.25) is 0 Å². The van der Waals surface area contributed by atoms with Gasteiger partial charge >= 0.3 is 0 Å². The molecule has 3 heteroatoms. The molecule has 0 atom stereocenters. The maximum atomic E-state index is 13.5. The van der Waals surface area contributed by atoms with Gasteiger partial charge in [0.15, 0.2) is 0 Å². The average Bonchev–Trinajstić information content (AvgIpc) is 2.36. The van der Waals surface area contributed by atoms with E-state index in [0.717, 1.165) is 11.0 Å². The first-order chi connectivity index (χ1) is 8.65. The summed E-state index contributed by atoms with van der Waals surface area (Å²) in [7, 11) is 0. The van der Waals surface area contributed by atoms with Crippen LogP contribution in [0.1, 0.15) is 16.7 Å². The second-order valence-electron chi connectivity index (χ2n) is 4.32. The molecule has 18 heavy (non-hydrogen) atoms. The van der Waals surface area contributed by atoms with E-state index in [0.29, 0.717) is 12.1 Å². The van der Waals surface area contributed by atoms with Crippen molar-refractivity contribution in [1.82, 2.24) is 5.32 Å². The third-order valence-electron chi connectivity index (χ3n) is 2.77. The molecule has 2 aromatic rings. The number of rotatable bonds is 4. The third kappa shape index (κ3) is 3.65. The average molecular weight is 308 g/mol. The summed E-state index contributed by atoms with van der Waals surface area (Å²) in [6, 6.07) is 13.3. The molecule has 0 radical (unpaired) electrons. The van der Waals surface area contributed by atoms with Crippen molar-refractivity contribution in [1.29, 1.82) is 0 Å². The number of nitrogens with one attached hydrogen (secondary N) is 1. The molecule has 0 aliphatic heterocycles. The Morgan fingerprint density at radius 2 is 1.78 bits per heavy atom. The van der Waals surface area contributed by atoms with Crippen LogP contribution in [-0.2, 0) is 13.1 Å². The molecule has 1 nitrogen and oxygen atoms in total. The topological polar surface area (TPSA) is 12.0 Å². The van der Waals surface area contributed by atoms with E-state index < -0.39 is 0 Å². The lowest BCUT2D eigenvalue weighted by Crippen LogP contribution is -2.13. The highest BCUT2D eigenvalue weighted by molar-refractivity contribution is 9.10. The molecule has 94 valence electrons. The summed E-state index contributed by atoms with van der Waals surface area (Å²) in [5, 5.41) is 3.24. The summed E-state index contributed by atoms with van der Waals surface area (Å²) in [5.41, 5.74) is 3.13. The Kier molecular flexibility index (Phi) is 4.50. The highest BCUT2D eigenvalue weighted by atomic mass is 79.9. The summed E-state index contributed by atoms with van der Waals surface area (Å²) in [4.78, 5) is 0. The van der Waals surface area contributed by atoms with E-state index in [1.165, 1.54) is 17.2 Å².